The lowest BCUT2D eigenvalue weighted by Crippen LogP contribution is -2.50. The minimum atomic E-state index is -0.295. The van der Waals surface area contributed by atoms with Crippen LogP contribution in [0.4, 0.5) is 0 Å². The van der Waals surface area contributed by atoms with Crippen LogP contribution in [-0.4, -0.2) is 35.4 Å². The molecule has 1 fully saturated rings. The molecule has 2 N–H and O–H groups in total. The standard InChI is InChI=1S/C14H27NO3/c1-5-14(4,6-7-16)15-13(17)12-8-10(2)18-11(3)9-12/h10-12,16H,5-9H2,1-4H3,(H,15,17). The highest BCUT2D eigenvalue weighted by atomic mass is 16.5. The van der Waals surface area contributed by atoms with E-state index in [9.17, 15) is 4.79 Å². The average molecular weight is 257 g/mol. The van der Waals surface area contributed by atoms with Crippen molar-refractivity contribution in [3.8, 4) is 0 Å². The maximum atomic E-state index is 12.3. The molecule has 18 heavy (non-hydrogen) atoms. The van der Waals surface area contributed by atoms with Gasteiger partial charge in [0.15, 0.2) is 0 Å². The number of nitrogens with one attached hydrogen (secondary N) is 1. The summed E-state index contributed by atoms with van der Waals surface area (Å²) in [6.45, 7) is 8.16. The van der Waals surface area contributed by atoms with Crippen LogP contribution in [0.25, 0.3) is 0 Å². The number of aliphatic hydroxyl groups is 1. The van der Waals surface area contributed by atoms with E-state index in [0.717, 1.165) is 19.3 Å². The molecule has 3 unspecified atom stereocenters. The molecule has 1 heterocycles. The lowest BCUT2D eigenvalue weighted by Gasteiger charge is -2.35. The second-order valence-electron chi connectivity index (χ2n) is 5.80. The summed E-state index contributed by atoms with van der Waals surface area (Å²) >= 11 is 0. The van der Waals surface area contributed by atoms with Gasteiger partial charge in [-0.05, 0) is 46.5 Å². The Bertz CT molecular complexity index is 272. The van der Waals surface area contributed by atoms with E-state index in [0.29, 0.717) is 6.42 Å². The Morgan fingerprint density at radius 1 is 1.39 bits per heavy atom. The van der Waals surface area contributed by atoms with Crippen LogP contribution in [-0.2, 0) is 9.53 Å². The van der Waals surface area contributed by atoms with Gasteiger partial charge in [-0.25, -0.2) is 0 Å². The van der Waals surface area contributed by atoms with Crippen molar-refractivity contribution in [1.82, 2.24) is 5.32 Å². The predicted octanol–water partition coefficient (Wildman–Crippen LogP) is 1.86. The first-order chi connectivity index (χ1) is 8.40. The Morgan fingerprint density at radius 3 is 2.39 bits per heavy atom. The van der Waals surface area contributed by atoms with Gasteiger partial charge < -0.3 is 15.2 Å². The van der Waals surface area contributed by atoms with Gasteiger partial charge in [-0.2, -0.15) is 0 Å². The summed E-state index contributed by atoms with van der Waals surface area (Å²) in [5.74, 6) is 0.142. The molecular weight excluding hydrogens is 230 g/mol. The molecule has 3 atom stereocenters. The molecular formula is C14H27NO3. The van der Waals surface area contributed by atoms with Crippen LogP contribution in [0.3, 0.4) is 0 Å². The summed E-state index contributed by atoms with van der Waals surface area (Å²) in [6, 6.07) is 0. The maximum Gasteiger partial charge on any atom is 0.223 e. The average Bonchev–Trinajstić information content (AvgIpc) is 2.28. The van der Waals surface area contributed by atoms with Gasteiger partial charge in [0.25, 0.3) is 0 Å². The molecule has 0 aromatic heterocycles. The third-order valence-electron chi connectivity index (χ3n) is 3.94. The first-order valence-electron chi connectivity index (χ1n) is 6.98. The van der Waals surface area contributed by atoms with Crippen LogP contribution in [0.15, 0.2) is 0 Å². The highest BCUT2D eigenvalue weighted by molar-refractivity contribution is 5.79. The Hall–Kier alpha value is -0.610. The van der Waals surface area contributed by atoms with Crippen LogP contribution >= 0.6 is 0 Å². The molecule has 0 radical (unpaired) electrons. The Balaban J connectivity index is 2.58. The third-order valence-corrected chi connectivity index (χ3v) is 3.94. The number of hydrogen-bond donors (Lipinski definition) is 2. The molecule has 1 rings (SSSR count). The number of amides is 1. The Morgan fingerprint density at radius 2 is 1.94 bits per heavy atom. The molecule has 0 bridgehead atoms. The molecule has 0 aromatic rings. The fourth-order valence-corrected chi connectivity index (χ4v) is 2.59. The van der Waals surface area contributed by atoms with Gasteiger partial charge in [0.2, 0.25) is 5.91 Å². The van der Waals surface area contributed by atoms with Crippen molar-refractivity contribution in [3.63, 3.8) is 0 Å². The van der Waals surface area contributed by atoms with Crippen LogP contribution < -0.4 is 5.32 Å². The van der Waals surface area contributed by atoms with E-state index < -0.39 is 0 Å². The largest absolute Gasteiger partial charge is 0.396 e. The predicted molar refractivity (Wildman–Crippen MR) is 71.3 cm³/mol. The lowest BCUT2D eigenvalue weighted by atomic mass is 9.89. The number of carbonyl (C=O) groups excluding carboxylic acids is 1. The normalized spacial score (nSPS) is 31.7. The van der Waals surface area contributed by atoms with Gasteiger partial charge in [0.1, 0.15) is 0 Å². The molecule has 1 saturated heterocycles. The van der Waals surface area contributed by atoms with Crippen LogP contribution in [0.2, 0.25) is 0 Å². The molecule has 1 aliphatic heterocycles. The zero-order valence-corrected chi connectivity index (χ0v) is 12.0. The Kier molecular flexibility index (Phi) is 5.60. The summed E-state index contributed by atoms with van der Waals surface area (Å²) in [5, 5.41) is 12.2. The zero-order valence-electron chi connectivity index (χ0n) is 12.0. The number of ether oxygens (including phenoxy) is 1. The van der Waals surface area contributed by atoms with E-state index in [1.165, 1.54) is 0 Å². The monoisotopic (exact) mass is 257 g/mol. The van der Waals surface area contributed by atoms with Gasteiger partial charge in [0.05, 0.1) is 12.2 Å². The fourth-order valence-electron chi connectivity index (χ4n) is 2.59. The van der Waals surface area contributed by atoms with Crippen LogP contribution in [0.1, 0.15) is 53.4 Å². The third kappa shape index (κ3) is 4.25. The first-order valence-corrected chi connectivity index (χ1v) is 6.98. The minimum absolute atomic E-state index is 0.0355. The smallest absolute Gasteiger partial charge is 0.223 e. The van der Waals surface area contributed by atoms with E-state index in [2.05, 4.69) is 5.32 Å². The van der Waals surface area contributed by atoms with Gasteiger partial charge in [-0.3, -0.25) is 4.79 Å². The van der Waals surface area contributed by atoms with Crippen molar-refractivity contribution < 1.29 is 14.6 Å². The van der Waals surface area contributed by atoms with Gasteiger partial charge in [0, 0.05) is 18.1 Å². The molecule has 4 heteroatoms. The number of aliphatic hydroxyl groups excluding tert-OH is 1. The van der Waals surface area contributed by atoms with Crippen LogP contribution in [0, 0.1) is 5.92 Å². The van der Waals surface area contributed by atoms with Gasteiger partial charge >= 0.3 is 0 Å². The molecule has 0 aliphatic carbocycles. The fraction of sp³-hybridized carbons (Fsp3) is 0.929. The maximum absolute atomic E-state index is 12.3. The number of hydrogen-bond acceptors (Lipinski definition) is 3. The molecule has 0 spiro atoms. The second-order valence-corrected chi connectivity index (χ2v) is 5.80. The Labute approximate surface area is 110 Å². The summed E-state index contributed by atoms with van der Waals surface area (Å²) in [4.78, 5) is 12.3. The van der Waals surface area contributed by atoms with Crippen molar-refractivity contribution in [2.75, 3.05) is 6.61 Å². The van der Waals surface area contributed by atoms with Crippen molar-refractivity contribution >= 4 is 5.91 Å². The first kappa shape index (κ1) is 15.4. The minimum Gasteiger partial charge on any atom is -0.396 e. The van der Waals surface area contributed by atoms with E-state index in [1.54, 1.807) is 0 Å². The van der Waals surface area contributed by atoms with Crippen LogP contribution in [0.5, 0.6) is 0 Å². The molecule has 0 aromatic carbocycles. The van der Waals surface area contributed by atoms with E-state index in [1.807, 2.05) is 27.7 Å². The molecule has 1 aliphatic rings. The van der Waals surface area contributed by atoms with Crippen molar-refractivity contribution in [1.29, 1.82) is 0 Å². The summed E-state index contributed by atoms with van der Waals surface area (Å²) in [6.07, 6.45) is 3.30. The highest BCUT2D eigenvalue weighted by Crippen LogP contribution is 2.26. The zero-order chi connectivity index (χ0) is 13.8. The molecule has 106 valence electrons. The molecule has 1 amide bonds. The second kappa shape index (κ2) is 6.53. The number of carbonyl (C=O) groups is 1. The van der Waals surface area contributed by atoms with Crippen molar-refractivity contribution in [2.24, 2.45) is 5.92 Å². The summed E-state index contributed by atoms with van der Waals surface area (Å²) in [5.41, 5.74) is -0.295. The van der Waals surface area contributed by atoms with Gasteiger partial charge in [-0.15, -0.1) is 0 Å². The lowest BCUT2D eigenvalue weighted by molar-refractivity contribution is -0.135. The molecule has 0 saturated carbocycles. The summed E-state index contributed by atoms with van der Waals surface area (Å²) in [7, 11) is 0. The quantitative estimate of drug-likeness (QED) is 0.790. The van der Waals surface area contributed by atoms with Crippen molar-refractivity contribution in [3.05, 3.63) is 0 Å². The SMILES string of the molecule is CCC(C)(CCO)NC(=O)C1CC(C)OC(C)C1. The van der Waals surface area contributed by atoms with Crippen molar-refractivity contribution in [2.45, 2.75) is 71.1 Å². The van der Waals surface area contributed by atoms with E-state index in [4.69, 9.17) is 9.84 Å². The highest BCUT2D eigenvalue weighted by Gasteiger charge is 2.33. The summed E-state index contributed by atoms with van der Waals surface area (Å²) < 4.78 is 5.65. The molecule has 4 nitrogen and oxygen atoms in total. The van der Waals surface area contributed by atoms with E-state index >= 15 is 0 Å². The van der Waals surface area contributed by atoms with Gasteiger partial charge in [-0.1, -0.05) is 6.92 Å². The van der Waals surface area contributed by atoms with E-state index in [-0.39, 0.29) is 36.2 Å². The number of rotatable bonds is 5. The topological polar surface area (TPSA) is 58.6 Å².